The van der Waals surface area contributed by atoms with Crippen molar-refractivity contribution in [3.8, 4) is 22.3 Å². The molecule has 4 nitrogen and oxygen atoms in total. The number of nitrogens with zero attached hydrogens (tertiary/aromatic N) is 4. The summed E-state index contributed by atoms with van der Waals surface area (Å²) < 4.78 is 140. The lowest BCUT2D eigenvalue weighted by Gasteiger charge is -2.26. The highest BCUT2D eigenvalue weighted by Gasteiger charge is 2.27. The molecule has 0 aliphatic heterocycles. The smallest absolute Gasteiger partial charge is 0.0653 e. The minimum atomic E-state index is -0.533. The molecule has 0 N–H and O–H groups in total. The molecular formula is C66H42N4. The number of aromatic nitrogens is 2. The van der Waals surface area contributed by atoms with Crippen LogP contribution in [0.5, 0.6) is 0 Å². The van der Waals surface area contributed by atoms with Crippen molar-refractivity contribution < 1.29 is 19.2 Å². The highest BCUT2D eigenvalue weighted by Crippen LogP contribution is 2.50. The van der Waals surface area contributed by atoms with Gasteiger partial charge >= 0.3 is 0 Å². The van der Waals surface area contributed by atoms with Crippen LogP contribution in [0.1, 0.15) is 19.2 Å². The van der Waals surface area contributed by atoms with Gasteiger partial charge in [0, 0.05) is 65.8 Å². The van der Waals surface area contributed by atoms with Crippen LogP contribution in [0.3, 0.4) is 0 Å². The Balaban J connectivity index is 1.09. The van der Waals surface area contributed by atoms with Gasteiger partial charge in [0.15, 0.2) is 0 Å². The molecule has 4 heteroatoms. The van der Waals surface area contributed by atoms with Crippen LogP contribution in [-0.4, -0.2) is 8.80 Å². The van der Waals surface area contributed by atoms with Gasteiger partial charge in [0.25, 0.3) is 0 Å². The maximum Gasteiger partial charge on any atom is 0.0653 e. The van der Waals surface area contributed by atoms with Gasteiger partial charge in [0.2, 0.25) is 0 Å². The summed E-state index contributed by atoms with van der Waals surface area (Å²) in [5.74, 6) is 0. The lowest BCUT2D eigenvalue weighted by atomic mass is 10.0. The van der Waals surface area contributed by atoms with Crippen LogP contribution in [0.25, 0.3) is 98.4 Å². The van der Waals surface area contributed by atoms with Gasteiger partial charge in [-0.25, -0.2) is 0 Å². The number of fused-ring (bicyclic) bond motifs is 12. The van der Waals surface area contributed by atoms with Crippen LogP contribution < -0.4 is 9.80 Å². The van der Waals surface area contributed by atoms with E-state index in [9.17, 15) is 19.2 Å². The molecule has 0 unspecified atom stereocenters. The van der Waals surface area contributed by atoms with Gasteiger partial charge in [-0.1, -0.05) is 170 Å². The fourth-order valence-corrected chi connectivity index (χ4v) is 10.6. The van der Waals surface area contributed by atoms with Crippen LogP contribution >= 0.6 is 0 Å². The van der Waals surface area contributed by atoms with Crippen LogP contribution in [0.4, 0.5) is 34.1 Å². The molecule has 4 aromatic heterocycles. The normalized spacial score (nSPS) is 14.8. The van der Waals surface area contributed by atoms with Gasteiger partial charge in [-0.15, -0.1) is 0 Å². The van der Waals surface area contributed by atoms with E-state index in [4.69, 9.17) is 0 Å². The van der Waals surface area contributed by atoms with Crippen molar-refractivity contribution in [1.82, 2.24) is 8.80 Å². The van der Waals surface area contributed by atoms with Crippen molar-refractivity contribution in [2.45, 2.75) is 0 Å². The van der Waals surface area contributed by atoms with Crippen molar-refractivity contribution in [3.63, 3.8) is 0 Å². The van der Waals surface area contributed by atoms with E-state index in [1.54, 1.807) is 9.80 Å². The summed E-state index contributed by atoms with van der Waals surface area (Å²) in [6.07, 6.45) is 0. The molecule has 0 spiro atoms. The van der Waals surface area contributed by atoms with E-state index in [-0.39, 0.29) is 112 Å². The molecule has 0 saturated carbocycles. The first-order chi connectivity index (χ1) is 40.6. The zero-order chi connectivity index (χ0) is 58.0. The molecule has 0 amide bonds. The summed E-state index contributed by atoms with van der Waals surface area (Å²) in [5.41, 5.74) is 6.31. The molecule has 15 aromatic rings. The largest absolute Gasteiger partial charge is 0.310 e. The van der Waals surface area contributed by atoms with Gasteiger partial charge in [-0.3, -0.25) is 0 Å². The van der Waals surface area contributed by atoms with Crippen LogP contribution in [0.2, 0.25) is 0 Å². The summed E-state index contributed by atoms with van der Waals surface area (Å²) in [5, 5.41) is 0.254. The first kappa shape index (κ1) is 27.4. The zero-order valence-electron chi connectivity index (χ0n) is 51.0. The number of benzene rings is 11. The standard InChI is InChI=1S/C66H42N4/c1-5-17-43(18-6-1)45-33-37-49(38-34-45)67(47-21-9-3-10-22-47)57-29-15-31-59-63(57)53-27-13-25-51-55-42-62-56(41-61(55)69(59)65(51)53)52-26-14-28-54-64-58(30-16-32-60(64)70(62)66(52)54)68(48-23-11-4-12-24-48)50-39-35-46(36-40-50)44-19-7-2-8-20-44/h1-42H/i13D,14D,15D,16D,25D,26D,27D,28D,29D,30D,31D,32D,41D,42D. The topological polar surface area (TPSA) is 15.3 Å². The van der Waals surface area contributed by atoms with Gasteiger partial charge < -0.3 is 18.6 Å². The SMILES string of the molecule is [2H]c1c([2H])c([2H])c2c(c1N(c1ccccc1)c1ccc(-c3ccccc3)cc1)c1c([2H])c([2H])c([2H])c3c4c([2H])c5c(c([2H])c4n2c13)c1c([2H])c([2H])c([2H])c2c3c(N(c4ccccc4)c4ccc(-c6ccccc6)cc4)c([2H])c([2H])c([2H])c3n5c21. The molecule has 0 atom stereocenters. The molecule has 0 fully saturated rings. The van der Waals surface area contributed by atoms with E-state index >= 15 is 0 Å². The van der Waals surface area contributed by atoms with Gasteiger partial charge in [0.1, 0.15) is 0 Å². The van der Waals surface area contributed by atoms with E-state index in [1.165, 1.54) is 8.80 Å². The van der Waals surface area contributed by atoms with E-state index in [1.807, 2.05) is 170 Å². The molecule has 15 rings (SSSR count). The molecule has 326 valence electrons. The van der Waals surface area contributed by atoms with Crippen molar-refractivity contribution in [3.05, 3.63) is 254 Å². The third kappa shape index (κ3) is 5.59. The minimum Gasteiger partial charge on any atom is -0.310 e. The summed E-state index contributed by atoms with van der Waals surface area (Å²) in [6, 6.07) is 47.1. The average molecular weight is 905 g/mol. The maximum atomic E-state index is 10.5. The summed E-state index contributed by atoms with van der Waals surface area (Å²) in [7, 11) is 0. The van der Waals surface area contributed by atoms with E-state index in [0.29, 0.717) is 22.7 Å². The third-order valence-corrected chi connectivity index (χ3v) is 13.6. The second kappa shape index (κ2) is 15.1. The molecule has 11 aromatic carbocycles. The number of para-hydroxylation sites is 4. The Hall–Kier alpha value is -9.38. The molecule has 0 bridgehead atoms. The second-order valence-electron chi connectivity index (χ2n) is 17.4. The van der Waals surface area contributed by atoms with Crippen molar-refractivity contribution >= 4 is 110 Å². The quantitative estimate of drug-likeness (QED) is 0.151. The Bertz CT molecular complexity index is 4940. The fraction of sp³-hybridized carbons (Fsp3) is 0. The van der Waals surface area contributed by atoms with Crippen LogP contribution in [0.15, 0.2) is 254 Å². The predicted molar refractivity (Wildman–Crippen MR) is 296 cm³/mol. The Morgan fingerprint density at radius 3 is 1.01 bits per heavy atom. The number of anilines is 6. The average Bonchev–Trinajstić information content (AvgIpc) is 1.57. The lowest BCUT2D eigenvalue weighted by Crippen LogP contribution is -2.10. The number of hydrogen-bond acceptors (Lipinski definition) is 2. The monoisotopic (exact) mass is 904 g/mol. The number of hydrogen-bond donors (Lipinski definition) is 0. The first-order valence-electron chi connectivity index (χ1n) is 30.0. The van der Waals surface area contributed by atoms with E-state index in [2.05, 4.69) is 0 Å². The highest BCUT2D eigenvalue weighted by molar-refractivity contribution is 6.31. The van der Waals surface area contributed by atoms with Gasteiger partial charge in [-0.2, -0.15) is 0 Å². The zero-order valence-corrected chi connectivity index (χ0v) is 37.0. The van der Waals surface area contributed by atoms with Crippen molar-refractivity contribution in [1.29, 1.82) is 0 Å². The minimum absolute atomic E-state index is 0.0195. The van der Waals surface area contributed by atoms with Crippen LogP contribution in [0, 0.1) is 0 Å². The highest BCUT2D eigenvalue weighted by atomic mass is 15.2. The summed E-state index contributed by atoms with van der Waals surface area (Å²) in [6.45, 7) is 0. The second-order valence-corrected chi connectivity index (χ2v) is 17.4. The van der Waals surface area contributed by atoms with Gasteiger partial charge in [0.05, 0.1) is 63.7 Å². The summed E-state index contributed by atoms with van der Waals surface area (Å²) >= 11 is 0. The predicted octanol–water partition coefficient (Wildman–Crippen LogP) is 18.3. The molecular weight excluding hydrogens is 849 g/mol. The Labute approximate surface area is 423 Å². The van der Waals surface area contributed by atoms with E-state index in [0.717, 1.165) is 22.3 Å². The fourth-order valence-electron chi connectivity index (χ4n) is 10.6. The Morgan fingerprint density at radius 2 is 0.614 bits per heavy atom. The molecule has 0 aliphatic rings. The Kier molecular flexibility index (Phi) is 5.90. The van der Waals surface area contributed by atoms with Crippen LogP contribution in [-0.2, 0) is 0 Å². The van der Waals surface area contributed by atoms with Gasteiger partial charge in [-0.05, 0) is 107 Å². The summed E-state index contributed by atoms with van der Waals surface area (Å²) in [4.78, 5) is 3.54. The van der Waals surface area contributed by atoms with E-state index < -0.39 is 60.4 Å². The molecule has 4 heterocycles. The first-order valence-corrected chi connectivity index (χ1v) is 23.0. The molecule has 0 aliphatic carbocycles. The molecule has 0 radical (unpaired) electrons. The Morgan fingerprint density at radius 1 is 0.286 bits per heavy atom. The molecule has 0 saturated heterocycles. The maximum absolute atomic E-state index is 10.5. The third-order valence-electron chi connectivity index (χ3n) is 13.6. The van der Waals surface area contributed by atoms with Crippen molar-refractivity contribution in [2.75, 3.05) is 9.80 Å². The van der Waals surface area contributed by atoms with Crippen molar-refractivity contribution in [2.24, 2.45) is 0 Å². The lowest BCUT2D eigenvalue weighted by molar-refractivity contribution is 1.29. The number of rotatable bonds is 8. The molecule has 70 heavy (non-hydrogen) atoms.